The largest absolute Gasteiger partial charge is 0.506 e. The Morgan fingerprint density at radius 1 is 1.43 bits per heavy atom. The van der Waals surface area contributed by atoms with E-state index >= 15 is 0 Å². The molecule has 0 bridgehead atoms. The summed E-state index contributed by atoms with van der Waals surface area (Å²) in [5.41, 5.74) is 4.24. The first-order valence-electron chi connectivity index (χ1n) is 7.09. The Kier molecular flexibility index (Phi) is 4.12. The molecule has 3 rings (SSSR count). The van der Waals surface area contributed by atoms with Gasteiger partial charge in [-0.2, -0.15) is 5.10 Å². The number of hydrogen-bond donors (Lipinski definition) is 3. The zero-order valence-corrected chi connectivity index (χ0v) is 13.2. The van der Waals surface area contributed by atoms with Crippen LogP contribution in [0.2, 0.25) is 0 Å². The minimum Gasteiger partial charge on any atom is -0.506 e. The average molecular weight is 329 g/mol. The van der Waals surface area contributed by atoms with Crippen molar-refractivity contribution in [2.24, 2.45) is 11.0 Å². The van der Waals surface area contributed by atoms with Gasteiger partial charge in [0, 0.05) is 17.9 Å². The topological polar surface area (TPSA) is 90.8 Å². The number of hydrogen-bond acceptors (Lipinski definition) is 5. The highest BCUT2D eigenvalue weighted by Gasteiger charge is 2.22. The van der Waals surface area contributed by atoms with Crippen LogP contribution in [0, 0.1) is 5.92 Å². The number of anilines is 1. The third-order valence-electron chi connectivity index (χ3n) is 3.54. The summed E-state index contributed by atoms with van der Waals surface area (Å²) in [6.45, 7) is 1.91. The summed E-state index contributed by atoms with van der Waals surface area (Å²) in [4.78, 5) is 24.0. The van der Waals surface area contributed by atoms with Gasteiger partial charge in [-0.25, -0.2) is 5.43 Å². The van der Waals surface area contributed by atoms with Crippen molar-refractivity contribution in [3.8, 4) is 5.75 Å². The molecule has 1 aromatic carbocycles. The van der Waals surface area contributed by atoms with Gasteiger partial charge in [0.2, 0.25) is 5.91 Å². The number of carbonyl (C=O) groups excluding carboxylic acids is 2. The summed E-state index contributed by atoms with van der Waals surface area (Å²) in [5.74, 6) is -0.452. The standard InChI is InChI=1S/C16H15N3O3S/c1-9-7-14(21)18-19-15(9)10-4-5-12(20)11(8-10)17-16(22)13-3-2-6-23-13/h2-6,8-9,20H,7H2,1H3,(H,17,22)(H,18,21). The van der Waals surface area contributed by atoms with Crippen LogP contribution < -0.4 is 10.7 Å². The molecule has 7 heteroatoms. The van der Waals surface area contributed by atoms with Crippen molar-refractivity contribution < 1.29 is 14.7 Å². The predicted octanol–water partition coefficient (Wildman–Crippen LogP) is 2.57. The van der Waals surface area contributed by atoms with Gasteiger partial charge >= 0.3 is 0 Å². The molecule has 0 fully saturated rings. The molecule has 118 valence electrons. The maximum Gasteiger partial charge on any atom is 0.265 e. The number of benzene rings is 1. The number of aromatic hydroxyl groups is 1. The highest BCUT2D eigenvalue weighted by Crippen LogP contribution is 2.27. The number of nitrogens with zero attached hydrogens (tertiary/aromatic N) is 1. The monoisotopic (exact) mass is 329 g/mol. The zero-order chi connectivity index (χ0) is 16.4. The van der Waals surface area contributed by atoms with E-state index in [1.54, 1.807) is 24.3 Å². The molecule has 0 radical (unpaired) electrons. The van der Waals surface area contributed by atoms with Crippen LogP contribution in [0.1, 0.15) is 28.6 Å². The first-order chi connectivity index (χ1) is 11.0. The zero-order valence-electron chi connectivity index (χ0n) is 12.4. The third-order valence-corrected chi connectivity index (χ3v) is 4.41. The Morgan fingerprint density at radius 3 is 2.96 bits per heavy atom. The van der Waals surface area contributed by atoms with E-state index in [4.69, 9.17) is 0 Å². The lowest BCUT2D eigenvalue weighted by molar-refractivity contribution is -0.121. The van der Waals surface area contributed by atoms with Crippen molar-refractivity contribution in [1.82, 2.24) is 5.43 Å². The molecule has 23 heavy (non-hydrogen) atoms. The fraction of sp³-hybridized carbons (Fsp3) is 0.188. The van der Waals surface area contributed by atoms with Crippen molar-refractivity contribution in [2.45, 2.75) is 13.3 Å². The lowest BCUT2D eigenvalue weighted by Gasteiger charge is -2.20. The van der Waals surface area contributed by atoms with E-state index in [0.29, 0.717) is 17.0 Å². The Morgan fingerprint density at radius 2 is 2.26 bits per heavy atom. The van der Waals surface area contributed by atoms with Crippen LogP contribution in [-0.2, 0) is 4.79 Å². The molecular weight excluding hydrogens is 314 g/mol. The predicted molar refractivity (Wildman–Crippen MR) is 88.8 cm³/mol. The van der Waals surface area contributed by atoms with E-state index in [0.717, 1.165) is 11.3 Å². The van der Waals surface area contributed by atoms with Crippen molar-refractivity contribution in [3.63, 3.8) is 0 Å². The normalized spacial score (nSPS) is 17.3. The first-order valence-corrected chi connectivity index (χ1v) is 7.97. The number of rotatable bonds is 3. The molecule has 1 unspecified atom stereocenters. The summed E-state index contributed by atoms with van der Waals surface area (Å²) >= 11 is 1.32. The smallest absolute Gasteiger partial charge is 0.265 e. The number of phenolic OH excluding ortho intramolecular Hbond substituents is 1. The van der Waals surface area contributed by atoms with E-state index in [-0.39, 0.29) is 23.5 Å². The van der Waals surface area contributed by atoms with Crippen molar-refractivity contribution in [2.75, 3.05) is 5.32 Å². The number of thiophene rings is 1. The molecule has 1 aliphatic rings. The molecule has 2 aromatic rings. The van der Waals surface area contributed by atoms with Crippen LogP contribution in [0.15, 0.2) is 40.8 Å². The van der Waals surface area contributed by atoms with Crippen LogP contribution in [0.4, 0.5) is 5.69 Å². The minimum absolute atomic E-state index is 0.0215. The molecule has 2 amide bonds. The van der Waals surface area contributed by atoms with Gasteiger partial charge in [0.1, 0.15) is 5.75 Å². The van der Waals surface area contributed by atoms with Gasteiger partial charge in [0.15, 0.2) is 0 Å². The van der Waals surface area contributed by atoms with E-state index in [1.807, 2.05) is 12.3 Å². The Hall–Kier alpha value is -2.67. The van der Waals surface area contributed by atoms with Crippen LogP contribution in [0.5, 0.6) is 5.75 Å². The quantitative estimate of drug-likeness (QED) is 0.756. The highest BCUT2D eigenvalue weighted by molar-refractivity contribution is 7.12. The fourth-order valence-corrected chi connectivity index (χ4v) is 3.01. The van der Waals surface area contributed by atoms with Gasteiger partial charge in [-0.3, -0.25) is 9.59 Å². The molecule has 0 saturated heterocycles. The van der Waals surface area contributed by atoms with Crippen molar-refractivity contribution in [1.29, 1.82) is 0 Å². The number of nitrogens with one attached hydrogen (secondary N) is 2. The second-order valence-electron chi connectivity index (χ2n) is 5.30. The maximum absolute atomic E-state index is 12.1. The first kappa shape index (κ1) is 15.2. The summed E-state index contributed by atoms with van der Waals surface area (Å²) in [6, 6.07) is 8.38. The van der Waals surface area contributed by atoms with Gasteiger partial charge < -0.3 is 10.4 Å². The van der Waals surface area contributed by atoms with E-state index < -0.39 is 0 Å². The fourth-order valence-electron chi connectivity index (χ4n) is 2.39. The molecule has 0 saturated carbocycles. The molecule has 0 aliphatic carbocycles. The second kappa shape index (κ2) is 6.21. The van der Waals surface area contributed by atoms with Gasteiger partial charge in [-0.1, -0.05) is 13.0 Å². The number of hydrazone groups is 1. The SMILES string of the molecule is CC1CC(=O)NN=C1c1ccc(O)c(NC(=O)c2cccs2)c1. The molecule has 6 nitrogen and oxygen atoms in total. The van der Waals surface area contributed by atoms with Crippen LogP contribution in [0.25, 0.3) is 0 Å². The summed E-state index contributed by atoms with van der Waals surface area (Å²) < 4.78 is 0. The lowest BCUT2D eigenvalue weighted by Crippen LogP contribution is -2.32. The number of amides is 2. The summed E-state index contributed by atoms with van der Waals surface area (Å²) in [5, 5.41) is 18.6. The molecule has 1 atom stereocenters. The third kappa shape index (κ3) is 3.24. The second-order valence-corrected chi connectivity index (χ2v) is 6.25. The van der Waals surface area contributed by atoms with Gasteiger partial charge in [-0.05, 0) is 29.6 Å². The summed E-state index contributed by atoms with van der Waals surface area (Å²) in [7, 11) is 0. The van der Waals surface area contributed by atoms with Gasteiger partial charge in [0.05, 0.1) is 16.3 Å². The lowest BCUT2D eigenvalue weighted by atomic mass is 9.94. The van der Waals surface area contributed by atoms with E-state index in [1.165, 1.54) is 17.4 Å². The Bertz CT molecular complexity index is 784. The van der Waals surface area contributed by atoms with E-state index in [2.05, 4.69) is 15.8 Å². The van der Waals surface area contributed by atoms with Crippen LogP contribution in [-0.4, -0.2) is 22.6 Å². The molecule has 3 N–H and O–H groups in total. The van der Waals surface area contributed by atoms with Crippen LogP contribution >= 0.6 is 11.3 Å². The Labute approximate surface area is 136 Å². The number of carbonyl (C=O) groups is 2. The molecule has 1 aliphatic heterocycles. The average Bonchev–Trinajstić information content (AvgIpc) is 3.04. The van der Waals surface area contributed by atoms with Crippen LogP contribution in [0.3, 0.4) is 0 Å². The molecule has 1 aromatic heterocycles. The maximum atomic E-state index is 12.1. The molecule has 2 heterocycles. The highest BCUT2D eigenvalue weighted by atomic mass is 32.1. The summed E-state index contributed by atoms with van der Waals surface area (Å²) in [6.07, 6.45) is 0.358. The minimum atomic E-state index is -0.278. The van der Waals surface area contributed by atoms with E-state index in [9.17, 15) is 14.7 Å². The van der Waals surface area contributed by atoms with Gasteiger partial charge in [-0.15, -0.1) is 11.3 Å². The molecular formula is C16H15N3O3S. The Balaban J connectivity index is 1.88. The van der Waals surface area contributed by atoms with Crippen molar-refractivity contribution >= 4 is 34.6 Å². The molecule has 0 spiro atoms. The van der Waals surface area contributed by atoms with Crippen molar-refractivity contribution in [3.05, 3.63) is 46.2 Å². The number of phenols is 1. The van der Waals surface area contributed by atoms with Gasteiger partial charge in [0.25, 0.3) is 5.91 Å².